The van der Waals surface area contributed by atoms with E-state index in [1.165, 1.54) is 24.0 Å². The zero-order chi connectivity index (χ0) is 18.9. The molecule has 1 saturated heterocycles. The van der Waals surface area contributed by atoms with Crippen LogP contribution >= 0.6 is 12.4 Å². The zero-order valence-electron chi connectivity index (χ0n) is 16.8. The molecule has 0 saturated carbocycles. The van der Waals surface area contributed by atoms with Crippen LogP contribution in [-0.4, -0.2) is 25.5 Å². The highest BCUT2D eigenvalue weighted by molar-refractivity contribution is 5.85. The summed E-state index contributed by atoms with van der Waals surface area (Å²) in [5, 5.41) is 6.62. The Hall–Kier alpha value is -1.84. The molecule has 152 valence electrons. The number of hydrogen-bond donors (Lipinski definition) is 2. The van der Waals surface area contributed by atoms with Crippen LogP contribution in [0, 0.1) is 11.8 Å². The van der Waals surface area contributed by atoms with Crippen LogP contribution in [0.3, 0.4) is 0 Å². The van der Waals surface area contributed by atoms with E-state index in [2.05, 4.69) is 66.1 Å². The second-order valence-corrected chi connectivity index (χ2v) is 7.87. The Morgan fingerprint density at radius 3 is 2.29 bits per heavy atom. The minimum absolute atomic E-state index is 0. The van der Waals surface area contributed by atoms with Gasteiger partial charge in [-0.15, -0.1) is 12.4 Å². The first kappa shape index (κ1) is 22.4. The van der Waals surface area contributed by atoms with Gasteiger partial charge in [-0.3, -0.25) is 4.79 Å². The first-order chi connectivity index (χ1) is 13.2. The Morgan fingerprint density at radius 2 is 1.64 bits per heavy atom. The predicted octanol–water partition coefficient (Wildman–Crippen LogP) is 4.58. The van der Waals surface area contributed by atoms with E-state index in [0.717, 1.165) is 19.5 Å². The molecule has 2 atom stereocenters. The first-order valence-electron chi connectivity index (χ1n) is 10.3. The number of benzene rings is 2. The highest BCUT2D eigenvalue weighted by Crippen LogP contribution is 2.24. The van der Waals surface area contributed by atoms with Gasteiger partial charge < -0.3 is 10.6 Å². The lowest BCUT2D eigenvalue weighted by Crippen LogP contribution is -2.34. The van der Waals surface area contributed by atoms with Crippen molar-refractivity contribution in [3.8, 4) is 0 Å². The summed E-state index contributed by atoms with van der Waals surface area (Å²) in [6.45, 7) is 5.10. The fraction of sp³-hybridized carbons (Fsp3) is 0.458. The average molecular weight is 401 g/mol. The molecule has 2 N–H and O–H groups in total. The summed E-state index contributed by atoms with van der Waals surface area (Å²) in [6, 6.07) is 21.1. The van der Waals surface area contributed by atoms with Gasteiger partial charge in [0, 0.05) is 18.9 Å². The molecule has 3 nitrogen and oxygen atoms in total. The van der Waals surface area contributed by atoms with Crippen LogP contribution < -0.4 is 10.6 Å². The van der Waals surface area contributed by atoms with E-state index < -0.39 is 0 Å². The van der Waals surface area contributed by atoms with Crippen molar-refractivity contribution >= 4 is 18.3 Å². The fourth-order valence-electron chi connectivity index (χ4n) is 4.11. The number of hydrogen-bond acceptors (Lipinski definition) is 2. The van der Waals surface area contributed by atoms with Crippen LogP contribution in [0.2, 0.25) is 0 Å². The molecule has 0 spiro atoms. The topological polar surface area (TPSA) is 41.1 Å². The molecule has 1 aliphatic heterocycles. The molecule has 4 heteroatoms. The van der Waals surface area contributed by atoms with E-state index in [0.29, 0.717) is 30.7 Å². The summed E-state index contributed by atoms with van der Waals surface area (Å²) in [6.07, 6.45) is 3.96. The predicted molar refractivity (Wildman–Crippen MR) is 119 cm³/mol. The largest absolute Gasteiger partial charge is 0.355 e. The van der Waals surface area contributed by atoms with E-state index in [9.17, 15) is 4.79 Å². The normalized spacial score (nSPS) is 16.6. The monoisotopic (exact) mass is 400 g/mol. The van der Waals surface area contributed by atoms with Crippen LogP contribution in [0.5, 0.6) is 0 Å². The summed E-state index contributed by atoms with van der Waals surface area (Å²) in [4.78, 5) is 12.6. The SMILES string of the molecule is CC(CC(=O)NCC(Cc1ccccc1)c1ccccc1)C1CCNCC1.Cl. The van der Waals surface area contributed by atoms with Gasteiger partial charge >= 0.3 is 0 Å². The van der Waals surface area contributed by atoms with Crippen molar-refractivity contribution in [3.05, 3.63) is 71.8 Å². The molecule has 28 heavy (non-hydrogen) atoms. The van der Waals surface area contributed by atoms with E-state index in [1.54, 1.807) is 0 Å². The summed E-state index contributed by atoms with van der Waals surface area (Å²) < 4.78 is 0. The first-order valence-corrected chi connectivity index (χ1v) is 10.3. The average Bonchev–Trinajstić information content (AvgIpc) is 2.73. The van der Waals surface area contributed by atoms with Crippen molar-refractivity contribution < 1.29 is 4.79 Å². The van der Waals surface area contributed by atoms with Crippen LogP contribution in [0.15, 0.2) is 60.7 Å². The lowest BCUT2D eigenvalue weighted by Gasteiger charge is -2.28. The van der Waals surface area contributed by atoms with Gasteiger partial charge in [0.05, 0.1) is 0 Å². The molecule has 1 amide bonds. The quantitative estimate of drug-likeness (QED) is 0.681. The molecule has 0 aromatic heterocycles. The minimum atomic E-state index is 0. The Labute approximate surface area is 175 Å². The summed E-state index contributed by atoms with van der Waals surface area (Å²) in [5.41, 5.74) is 2.59. The molecule has 1 aliphatic rings. The second-order valence-electron chi connectivity index (χ2n) is 7.87. The smallest absolute Gasteiger partial charge is 0.220 e. The van der Waals surface area contributed by atoms with Gasteiger partial charge in [-0.05, 0) is 55.3 Å². The van der Waals surface area contributed by atoms with E-state index >= 15 is 0 Å². The molecule has 0 aliphatic carbocycles. The third kappa shape index (κ3) is 6.96. The maximum absolute atomic E-state index is 12.6. The van der Waals surface area contributed by atoms with E-state index in [-0.39, 0.29) is 18.3 Å². The lowest BCUT2D eigenvalue weighted by molar-refractivity contribution is -0.122. The molecule has 1 fully saturated rings. The maximum atomic E-state index is 12.6. The van der Waals surface area contributed by atoms with Crippen molar-refractivity contribution in [2.24, 2.45) is 11.8 Å². The molecule has 2 aromatic rings. The molecular formula is C24H33ClN2O. The molecule has 0 bridgehead atoms. The van der Waals surface area contributed by atoms with Crippen molar-refractivity contribution in [3.63, 3.8) is 0 Å². The molecule has 1 heterocycles. The Bertz CT molecular complexity index is 686. The third-order valence-corrected chi connectivity index (χ3v) is 5.84. The third-order valence-electron chi connectivity index (χ3n) is 5.84. The van der Waals surface area contributed by atoms with Crippen molar-refractivity contribution in [2.45, 2.75) is 38.5 Å². The standard InChI is InChI=1S/C24H32N2O.ClH/c1-19(21-12-14-25-15-13-21)16-24(27)26-18-23(22-10-6-3-7-11-22)17-20-8-4-2-5-9-20;/h2-11,19,21,23,25H,12-18H2,1H3,(H,26,27);1H. The molecule has 2 aromatic carbocycles. The highest BCUT2D eigenvalue weighted by atomic mass is 35.5. The molecule has 0 radical (unpaired) electrons. The maximum Gasteiger partial charge on any atom is 0.220 e. The number of rotatable bonds is 8. The second kappa shape index (κ2) is 11.9. The Kier molecular flexibility index (Phi) is 9.52. The molecule has 2 unspecified atom stereocenters. The minimum Gasteiger partial charge on any atom is -0.355 e. The number of halogens is 1. The van der Waals surface area contributed by atoms with Gasteiger partial charge in [0.15, 0.2) is 0 Å². The van der Waals surface area contributed by atoms with Gasteiger partial charge in [-0.2, -0.15) is 0 Å². The number of nitrogens with one attached hydrogen (secondary N) is 2. The lowest BCUT2D eigenvalue weighted by atomic mass is 9.84. The number of carbonyl (C=O) groups excluding carboxylic acids is 1. The highest BCUT2D eigenvalue weighted by Gasteiger charge is 2.22. The number of amides is 1. The Morgan fingerprint density at radius 1 is 1.04 bits per heavy atom. The van der Waals surface area contributed by atoms with Crippen LogP contribution in [0.25, 0.3) is 0 Å². The van der Waals surface area contributed by atoms with Gasteiger partial charge in [0.2, 0.25) is 5.91 Å². The van der Waals surface area contributed by atoms with Crippen LogP contribution in [0.1, 0.15) is 43.2 Å². The van der Waals surface area contributed by atoms with Gasteiger partial charge in [-0.25, -0.2) is 0 Å². The number of piperidine rings is 1. The van der Waals surface area contributed by atoms with Crippen molar-refractivity contribution in [1.29, 1.82) is 0 Å². The van der Waals surface area contributed by atoms with Crippen molar-refractivity contribution in [1.82, 2.24) is 10.6 Å². The summed E-state index contributed by atoms with van der Waals surface area (Å²) in [5.74, 6) is 1.62. The Balaban J connectivity index is 0.00000280. The zero-order valence-corrected chi connectivity index (χ0v) is 17.6. The molecule has 3 rings (SSSR count). The van der Waals surface area contributed by atoms with Crippen LogP contribution in [-0.2, 0) is 11.2 Å². The van der Waals surface area contributed by atoms with E-state index in [1.807, 2.05) is 12.1 Å². The number of carbonyl (C=O) groups is 1. The summed E-state index contributed by atoms with van der Waals surface area (Å²) in [7, 11) is 0. The van der Waals surface area contributed by atoms with E-state index in [4.69, 9.17) is 0 Å². The van der Waals surface area contributed by atoms with Gasteiger partial charge in [0.1, 0.15) is 0 Å². The summed E-state index contributed by atoms with van der Waals surface area (Å²) >= 11 is 0. The van der Waals surface area contributed by atoms with Crippen molar-refractivity contribution in [2.75, 3.05) is 19.6 Å². The fourth-order valence-corrected chi connectivity index (χ4v) is 4.11. The molecular weight excluding hydrogens is 368 g/mol. The van der Waals surface area contributed by atoms with Crippen LogP contribution in [0.4, 0.5) is 0 Å². The van der Waals surface area contributed by atoms with Gasteiger partial charge in [-0.1, -0.05) is 67.6 Å². The van der Waals surface area contributed by atoms with Gasteiger partial charge in [0.25, 0.3) is 0 Å².